The van der Waals surface area contributed by atoms with Crippen molar-refractivity contribution >= 4 is 17.5 Å². The molecule has 1 N–H and O–H groups in total. The zero-order chi connectivity index (χ0) is 20.1. The molecule has 1 heterocycles. The maximum atomic E-state index is 11.4. The highest BCUT2D eigenvalue weighted by molar-refractivity contribution is 7.99. The van der Waals surface area contributed by atoms with E-state index in [4.69, 9.17) is 4.74 Å². The first-order chi connectivity index (χ1) is 13.4. The molecule has 0 aliphatic rings. The van der Waals surface area contributed by atoms with Gasteiger partial charge in [-0.05, 0) is 60.5 Å². The highest BCUT2D eigenvalue weighted by atomic mass is 32.2. The normalized spacial score (nSPS) is 12.0. The molecule has 1 atom stereocenters. The Kier molecular flexibility index (Phi) is 6.43. The summed E-state index contributed by atoms with van der Waals surface area (Å²) < 4.78 is 7.28. The third-order valence-corrected chi connectivity index (χ3v) is 5.19. The quantitative estimate of drug-likeness (QED) is 0.461. The van der Waals surface area contributed by atoms with Crippen LogP contribution in [0.15, 0.2) is 47.6 Å². The number of hydrogen-bond donors (Lipinski definition) is 1. The lowest BCUT2D eigenvalue weighted by atomic mass is 10.1. The van der Waals surface area contributed by atoms with E-state index >= 15 is 0 Å². The molecule has 3 aromatic rings. The molecule has 0 fully saturated rings. The molecule has 28 heavy (non-hydrogen) atoms. The number of carbonyl (C=O) groups excluding carboxylic acids is 1. The molecule has 3 rings (SSSR count). The van der Waals surface area contributed by atoms with Gasteiger partial charge in [0.05, 0.1) is 11.8 Å². The summed E-state index contributed by atoms with van der Waals surface area (Å²) in [6.07, 6.45) is -0.713. The van der Waals surface area contributed by atoms with Crippen LogP contribution in [0.25, 0.3) is 5.69 Å². The predicted octanol–water partition coefficient (Wildman–Crippen LogP) is 3.01. The van der Waals surface area contributed by atoms with Gasteiger partial charge >= 0.3 is 0 Å². The van der Waals surface area contributed by atoms with E-state index in [1.54, 1.807) is 28.9 Å². The second-order valence-corrected chi connectivity index (χ2v) is 7.51. The number of aliphatic hydroxyl groups excluding tert-OH is 1. The zero-order valence-corrected chi connectivity index (χ0v) is 16.8. The average Bonchev–Trinajstić information content (AvgIpc) is 3.15. The molecular formula is C20H22N4O3S. The van der Waals surface area contributed by atoms with Gasteiger partial charge in [-0.1, -0.05) is 36.0 Å². The predicted molar refractivity (Wildman–Crippen MR) is 107 cm³/mol. The summed E-state index contributed by atoms with van der Waals surface area (Å²) in [5, 5.41) is 22.8. The van der Waals surface area contributed by atoms with Crippen LogP contribution in [-0.2, 0) is 0 Å². The second-order valence-electron chi connectivity index (χ2n) is 6.52. The minimum absolute atomic E-state index is 0.0279. The highest BCUT2D eigenvalue weighted by Gasteiger charge is 2.14. The monoisotopic (exact) mass is 398 g/mol. The van der Waals surface area contributed by atoms with Crippen molar-refractivity contribution in [2.75, 3.05) is 12.4 Å². The lowest BCUT2D eigenvalue weighted by molar-refractivity contribution is 0.101. The number of hydrogen-bond acceptors (Lipinski definition) is 7. The Bertz CT molecular complexity index is 974. The van der Waals surface area contributed by atoms with Crippen molar-refractivity contribution in [3.63, 3.8) is 0 Å². The van der Waals surface area contributed by atoms with Crippen molar-refractivity contribution in [2.24, 2.45) is 0 Å². The summed E-state index contributed by atoms with van der Waals surface area (Å²) >= 11 is 1.36. The Morgan fingerprint density at radius 1 is 1.25 bits per heavy atom. The van der Waals surface area contributed by atoms with Crippen molar-refractivity contribution < 1.29 is 14.6 Å². The first-order valence-electron chi connectivity index (χ1n) is 8.84. The van der Waals surface area contributed by atoms with Crippen molar-refractivity contribution in [3.8, 4) is 11.4 Å². The third-order valence-electron chi connectivity index (χ3n) is 4.12. The molecule has 0 amide bonds. The number of aryl methyl sites for hydroxylation is 2. The van der Waals surface area contributed by atoms with E-state index in [1.165, 1.54) is 18.7 Å². The fourth-order valence-corrected chi connectivity index (χ4v) is 3.37. The summed E-state index contributed by atoms with van der Waals surface area (Å²) in [5.74, 6) is 0.897. The topological polar surface area (TPSA) is 90.1 Å². The number of Topliss-reactive ketones (excluding diaryl/α,β-unsaturated/α-hetero) is 1. The van der Waals surface area contributed by atoms with Gasteiger partial charge in [0, 0.05) is 11.3 Å². The van der Waals surface area contributed by atoms with Gasteiger partial charge in [0.25, 0.3) is 0 Å². The van der Waals surface area contributed by atoms with Gasteiger partial charge in [0.2, 0.25) is 5.16 Å². The van der Waals surface area contributed by atoms with E-state index in [0.29, 0.717) is 22.2 Å². The zero-order valence-electron chi connectivity index (χ0n) is 16.0. The SMILES string of the molecule is CC(=O)c1cccc(OC[C@H](O)CSc2nnnn2-c2cc(C)ccc2C)c1. The summed E-state index contributed by atoms with van der Waals surface area (Å²) in [4.78, 5) is 11.4. The molecule has 0 aliphatic heterocycles. The molecule has 0 saturated heterocycles. The molecule has 1 aromatic heterocycles. The molecule has 0 aliphatic carbocycles. The van der Waals surface area contributed by atoms with Crippen LogP contribution >= 0.6 is 11.8 Å². The van der Waals surface area contributed by atoms with E-state index in [9.17, 15) is 9.90 Å². The molecule has 146 valence electrons. The lowest BCUT2D eigenvalue weighted by Crippen LogP contribution is -2.20. The van der Waals surface area contributed by atoms with Crippen LogP contribution in [0.1, 0.15) is 28.4 Å². The number of tetrazole rings is 1. The summed E-state index contributed by atoms with van der Waals surface area (Å²) in [6, 6.07) is 13.0. The number of nitrogens with zero attached hydrogens (tertiary/aromatic N) is 4. The first kappa shape index (κ1) is 20.0. The van der Waals surface area contributed by atoms with Crippen LogP contribution in [0.4, 0.5) is 0 Å². The Labute approximate surface area is 167 Å². The lowest BCUT2D eigenvalue weighted by Gasteiger charge is -2.13. The van der Waals surface area contributed by atoms with Gasteiger partial charge in [-0.2, -0.15) is 4.68 Å². The van der Waals surface area contributed by atoms with E-state index in [-0.39, 0.29) is 12.4 Å². The number of rotatable bonds is 8. The maximum absolute atomic E-state index is 11.4. The molecule has 0 spiro atoms. The second kappa shape index (κ2) is 8.99. The number of ketones is 1. The minimum Gasteiger partial charge on any atom is -0.491 e. The minimum atomic E-state index is -0.713. The standard InChI is InChI=1S/C20H22N4O3S/c1-13-7-8-14(2)19(9-13)24-20(21-22-23-24)28-12-17(26)11-27-18-6-4-5-16(10-18)15(3)25/h4-10,17,26H,11-12H2,1-3H3/t17-/m0/s1. The molecule has 0 unspecified atom stereocenters. The highest BCUT2D eigenvalue weighted by Crippen LogP contribution is 2.22. The van der Waals surface area contributed by atoms with Crippen LogP contribution < -0.4 is 4.74 Å². The number of ether oxygens (including phenoxy) is 1. The largest absolute Gasteiger partial charge is 0.491 e. The number of aliphatic hydroxyl groups is 1. The summed E-state index contributed by atoms with van der Waals surface area (Å²) in [6.45, 7) is 5.63. The Hall–Kier alpha value is -2.71. The van der Waals surface area contributed by atoms with Crippen molar-refractivity contribution in [3.05, 3.63) is 59.2 Å². The number of carbonyl (C=O) groups is 1. The van der Waals surface area contributed by atoms with Gasteiger partial charge < -0.3 is 9.84 Å². The van der Waals surface area contributed by atoms with E-state index < -0.39 is 6.10 Å². The summed E-state index contributed by atoms with van der Waals surface area (Å²) in [7, 11) is 0. The Balaban J connectivity index is 1.59. The summed E-state index contributed by atoms with van der Waals surface area (Å²) in [5.41, 5.74) is 3.68. The van der Waals surface area contributed by atoms with E-state index in [0.717, 1.165) is 16.8 Å². The maximum Gasteiger partial charge on any atom is 0.214 e. The fourth-order valence-electron chi connectivity index (χ4n) is 2.58. The van der Waals surface area contributed by atoms with E-state index in [1.807, 2.05) is 32.0 Å². The van der Waals surface area contributed by atoms with Crippen LogP contribution in [0, 0.1) is 13.8 Å². The Morgan fingerprint density at radius 2 is 2.07 bits per heavy atom. The number of benzene rings is 2. The van der Waals surface area contributed by atoms with Crippen LogP contribution in [-0.4, -0.2) is 49.6 Å². The molecule has 0 saturated carbocycles. The first-order valence-corrected chi connectivity index (χ1v) is 9.83. The van der Waals surface area contributed by atoms with Gasteiger partial charge in [-0.3, -0.25) is 4.79 Å². The van der Waals surface area contributed by atoms with Crippen molar-refractivity contribution in [1.82, 2.24) is 20.2 Å². The molecular weight excluding hydrogens is 376 g/mol. The fraction of sp³-hybridized carbons (Fsp3) is 0.300. The van der Waals surface area contributed by atoms with Gasteiger partial charge in [-0.15, -0.1) is 5.10 Å². The van der Waals surface area contributed by atoms with Gasteiger partial charge in [0.1, 0.15) is 12.4 Å². The molecule has 0 radical (unpaired) electrons. The van der Waals surface area contributed by atoms with Crippen molar-refractivity contribution in [2.45, 2.75) is 32.0 Å². The van der Waals surface area contributed by atoms with E-state index in [2.05, 4.69) is 15.5 Å². The molecule has 7 nitrogen and oxygen atoms in total. The van der Waals surface area contributed by atoms with Gasteiger partial charge in [0.15, 0.2) is 5.78 Å². The van der Waals surface area contributed by atoms with Crippen LogP contribution in [0.5, 0.6) is 5.75 Å². The van der Waals surface area contributed by atoms with Gasteiger partial charge in [-0.25, -0.2) is 0 Å². The number of aromatic nitrogens is 4. The average molecular weight is 398 g/mol. The molecule has 0 bridgehead atoms. The Morgan fingerprint density at radius 3 is 2.86 bits per heavy atom. The third kappa shape index (κ3) is 4.96. The van der Waals surface area contributed by atoms with Crippen LogP contribution in [0.3, 0.4) is 0 Å². The smallest absolute Gasteiger partial charge is 0.214 e. The molecule has 8 heteroatoms. The number of thioether (sulfide) groups is 1. The molecule has 2 aromatic carbocycles. The van der Waals surface area contributed by atoms with Crippen LogP contribution in [0.2, 0.25) is 0 Å². The van der Waals surface area contributed by atoms with Crippen molar-refractivity contribution in [1.29, 1.82) is 0 Å².